The van der Waals surface area contributed by atoms with Crippen molar-refractivity contribution in [2.24, 2.45) is 0 Å². The van der Waals surface area contributed by atoms with Gasteiger partial charge >= 0.3 is 0 Å². The second kappa shape index (κ2) is 5.40. The molecule has 0 bridgehead atoms. The Hall–Kier alpha value is -2.24. The first-order chi connectivity index (χ1) is 9.76. The van der Waals surface area contributed by atoms with E-state index in [-0.39, 0.29) is 0 Å². The van der Waals surface area contributed by atoms with Gasteiger partial charge in [-0.1, -0.05) is 42.1 Å². The molecule has 0 heterocycles. The summed E-state index contributed by atoms with van der Waals surface area (Å²) in [5.74, 6) is 0. The summed E-state index contributed by atoms with van der Waals surface area (Å²) in [5, 5.41) is 11.5. The van der Waals surface area contributed by atoms with Crippen molar-refractivity contribution in [3.8, 4) is 6.07 Å². The van der Waals surface area contributed by atoms with Crippen LogP contribution in [0.15, 0.2) is 70.5 Å². The van der Waals surface area contributed by atoms with E-state index in [9.17, 15) is 0 Å². The highest BCUT2D eigenvalue weighted by Crippen LogP contribution is 2.31. The van der Waals surface area contributed by atoms with E-state index >= 15 is 0 Å². The second-order valence-electron chi connectivity index (χ2n) is 4.70. The highest BCUT2D eigenvalue weighted by Gasteiger charge is 2.02. The van der Waals surface area contributed by atoms with Gasteiger partial charge in [0.1, 0.15) is 0 Å². The Kier molecular flexibility index (Phi) is 3.45. The van der Waals surface area contributed by atoms with Crippen LogP contribution in [0.4, 0.5) is 0 Å². The first-order valence-corrected chi connectivity index (χ1v) is 7.25. The van der Waals surface area contributed by atoms with E-state index in [0.29, 0.717) is 0 Å². The number of aryl methyl sites for hydroxylation is 1. The van der Waals surface area contributed by atoms with Gasteiger partial charge in [-0.15, -0.1) is 0 Å². The molecule has 0 saturated heterocycles. The van der Waals surface area contributed by atoms with Gasteiger partial charge in [0.05, 0.1) is 11.6 Å². The highest BCUT2D eigenvalue weighted by atomic mass is 32.2. The fraction of sp³-hybridized carbons (Fsp3) is 0.0556. The average Bonchev–Trinajstić information content (AvgIpc) is 2.47. The van der Waals surface area contributed by atoms with Crippen LogP contribution in [0.25, 0.3) is 10.8 Å². The van der Waals surface area contributed by atoms with E-state index in [2.05, 4.69) is 54.6 Å². The number of rotatable bonds is 2. The fourth-order valence-electron chi connectivity index (χ4n) is 2.19. The van der Waals surface area contributed by atoms with Crippen LogP contribution in [0.1, 0.15) is 11.1 Å². The molecule has 20 heavy (non-hydrogen) atoms. The molecular weight excluding hydrogens is 262 g/mol. The third-order valence-corrected chi connectivity index (χ3v) is 4.25. The van der Waals surface area contributed by atoms with Gasteiger partial charge in [-0.3, -0.25) is 0 Å². The van der Waals surface area contributed by atoms with Crippen molar-refractivity contribution >= 4 is 22.5 Å². The molecule has 0 aromatic heterocycles. The third-order valence-electron chi connectivity index (χ3n) is 3.27. The van der Waals surface area contributed by atoms with Crippen molar-refractivity contribution in [3.63, 3.8) is 0 Å². The van der Waals surface area contributed by atoms with Gasteiger partial charge in [-0.25, -0.2) is 0 Å². The zero-order valence-electron chi connectivity index (χ0n) is 11.1. The smallest absolute Gasteiger partial charge is 0.0994 e. The third kappa shape index (κ3) is 2.54. The largest absolute Gasteiger partial charge is 0.192 e. The molecule has 0 atom stereocenters. The number of fused-ring (bicyclic) bond motifs is 1. The van der Waals surface area contributed by atoms with E-state index in [1.807, 2.05) is 19.1 Å². The standard InChI is InChI=1S/C18H13NS/c1-13-10-17(9-7-16(13)12-19)20-18-8-6-14-4-2-3-5-15(14)11-18/h2-11H,1H3. The Balaban J connectivity index is 1.93. The van der Waals surface area contributed by atoms with Gasteiger partial charge < -0.3 is 0 Å². The monoisotopic (exact) mass is 275 g/mol. The van der Waals surface area contributed by atoms with Crippen LogP contribution in [-0.4, -0.2) is 0 Å². The molecular formula is C18H13NS. The lowest BCUT2D eigenvalue weighted by molar-refractivity contribution is 1.31. The van der Waals surface area contributed by atoms with Crippen LogP contribution in [0.5, 0.6) is 0 Å². The molecule has 0 saturated carbocycles. The van der Waals surface area contributed by atoms with Crippen molar-refractivity contribution in [2.75, 3.05) is 0 Å². The molecule has 96 valence electrons. The number of nitriles is 1. The van der Waals surface area contributed by atoms with Crippen LogP contribution in [0, 0.1) is 18.3 Å². The van der Waals surface area contributed by atoms with Crippen molar-refractivity contribution < 1.29 is 0 Å². The fourth-order valence-corrected chi connectivity index (χ4v) is 3.16. The molecule has 3 rings (SSSR count). The summed E-state index contributed by atoms with van der Waals surface area (Å²) in [5.41, 5.74) is 1.77. The second-order valence-corrected chi connectivity index (χ2v) is 5.85. The number of hydrogen-bond acceptors (Lipinski definition) is 2. The minimum atomic E-state index is 0.743. The molecule has 0 radical (unpaired) electrons. The van der Waals surface area contributed by atoms with Crippen molar-refractivity contribution in [1.82, 2.24) is 0 Å². The number of hydrogen-bond donors (Lipinski definition) is 0. The number of nitrogens with zero attached hydrogens (tertiary/aromatic N) is 1. The van der Waals surface area contributed by atoms with E-state index in [1.54, 1.807) is 11.8 Å². The summed E-state index contributed by atoms with van der Waals surface area (Å²) >= 11 is 1.73. The summed E-state index contributed by atoms with van der Waals surface area (Å²) < 4.78 is 0. The molecule has 3 aromatic rings. The van der Waals surface area contributed by atoms with Gasteiger partial charge in [-0.2, -0.15) is 5.26 Å². The summed E-state index contributed by atoms with van der Waals surface area (Å²) in [6.45, 7) is 1.98. The summed E-state index contributed by atoms with van der Waals surface area (Å²) in [6, 6.07) is 23.0. The molecule has 0 aliphatic carbocycles. The molecule has 3 aromatic carbocycles. The normalized spacial score (nSPS) is 10.4. The molecule has 0 amide bonds. The van der Waals surface area contributed by atoms with Gasteiger partial charge in [-0.05, 0) is 53.6 Å². The molecule has 0 fully saturated rings. The van der Waals surface area contributed by atoms with Gasteiger partial charge in [0.15, 0.2) is 0 Å². The molecule has 1 nitrogen and oxygen atoms in total. The maximum Gasteiger partial charge on any atom is 0.0994 e. The maximum absolute atomic E-state index is 8.96. The molecule has 0 unspecified atom stereocenters. The zero-order chi connectivity index (χ0) is 13.9. The van der Waals surface area contributed by atoms with E-state index in [0.717, 1.165) is 16.0 Å². The lowest BCUT2D eigenvalue weighted by atomic mass is 10.1. The first-order valence-electron chi connectivity index (χ1n) is 6.44. The van der Waals surface area contributed by atoms with Gasteiger partial charge in [0.2, 0.25) is 0 Å². The Labute approximate surface area is 122 Å². The van der Waals surface area contributed by atoms with Crippen LogP contribution in [0.2, 0.25) is 0 Å². The van der Waals surface area contributed by atoms with Crippen molar-refractivity contribution in [3.05, 3.63) is 71.8 Å². The molecule has 0 N–H and O–H groups in total. The Morgan fingerprint density at radius 3 is 2.30 bits per heavy atom. The average molecular weight is 275 g/mol. The minimum Gasteiger partial charge on any atom is -0.192 e. The van der Waals surface area contributed by atoms with Crippen LogP contribution < -0.4 is 0 Å². The van der Waals surface area contributed by atoms with E-state index < -0.39 is 0 Å². The van der Waals surface area contributed by atoms with Crippen molar-refractivity contribution in [2.45, 2.75) is 16.7 Å². The molecule has 2 heteroatoms. The molecule has 0 spiro atoms. The van der Waals surface area contributed by atoms with Crippen LogP contribution in [-0.2, 0) is 0 Å². The lowest BCUT2D eigenvalue weighted by Gasteiger charge is -2.05. The topological polar surface area (TPSA) is 23.8 Å². The summed E-state index contributed by atoms with van der Waals surface area (Å²) in [6.07, 6.45) is 0. The summed E-state index contributed by atoms with van der Waals surface area (Å²) in [7, 11) is 0. The maximum atomic E-state index is 8.96. The summed E-state index contributed by atoms with van der Waals surface area (Å²) in [4.78, 5) is 2.38. The Bertz CT molecular complexity index is 815. The first kappa shape index (κ1) is 12.8. The predicted molar refractivity (Wildman–Crippen MR) is 84.0 cm³/mol. The Morgan fingerprint density at radius 1 is 0.850 bits per heavy atom. The van der Waals surface area contributed by atoms with Crippen LogP contribution >= 0.6 is 11.8 Å². The van der Waals surface area contributed by atoms with Gasteiger partial charge in [0, 0.05) is 9.79 Å². The zero-order valence-corrected chi connectivity index (χ0v) is 11.9. The van der Waals surface area contributed by atoms with Gasteiger partial charge in [0.25, 0.3) is 0 Å². The van der Waals surface area contributed by atoms with Crippen molar-refractivity contribution in [1.29, 1.82) is 5.26 Å². The number of benzene rings is 3. The quantitative estimate of drug-likeness (QED) is 0.644. The van der Waals surface area contributed by atoms with E-state index in [1.165, 1.54) is 15.7 Å². The lowest BCUT2D eigenvalue weighted by Crippen LogP contribution is -1.83. The Morgan fingerprint density at radius 2 is 1.55 bits per heavy atom. The molecule has 0 aliphatic rings. The SMILES string of the molecule is Cc1cc(Sc2ccc3ccccc3c2)ccc1C#N. The predicted octanol–water partition coefficient (Wildman–Crippen LogP) is 5.17. The minimum absolute atomic E-state index is 0.743. The molecule has 0 aliphatic heterocycles. The van der Waals surface area contributed by atoms with Crippen LogP contribution in [0.3, 0.4) is 0 Å². The highest BCUT2D eigenvalue weighted by molar-refractivity contribution is 7.99. The van der Waals surface area contributed by atoms with E-state index in [4.69, 9.17) is 5.26 Å².